The lowest BCUT2D eigenvalue weighted by atomic mass is 10.1. The van der Waals surface area contributed by atoms with Crippen molar-refractivity contribution in [3.8, 4) is 0 Å². The van der Waals surface area contributed by atoms with Gasteiger partial charge in [0, 0.05) is 10.9 Å². The molecule has 1 aromatic rings. The van der Waals surface area contributed by atoms with Crippen LogP contribution in [0, 0.1) is 0 Å². The molecule has 0 aliphatic carbocycles. The molecule has 0 unspecified atom stereocenters. The molecular formula is C12H18ClNS. The van der Waals surface area contributed by atoms with E-state index in [4.69, 9.17) is 5.73 Å². The zero-order valence-corrected chi connectivity index (χ0v) is 10.6. The van der Waals surface area contributed by atoms with Crippen LogP contribution >= 0.6 is 24.2 Å². The quantitative estimate of drug-likeness (QED) is 0.629. The number of nitrogens with two attached hydrogens (primary N) is 1. The van der Waals surface area contributed by atoms with E-state index in [9.17, 15) is 0 Å². The molecule has 1 atom stereocenters. The minimum absolute atomic E-state index is 0. The van der Waals surface area contributed by atoms with Crippen LogP contribution in [0.2, 0.25) is 0 Å². The van der Waals surface area contributed by atoms with Gasteiger partial charge in [-0.2, -0.15) is 0 Å². The van der Waals surface area contributed by atoms with Gasteiger partial charge in [-0.05, 0) is 29.9 Å². The van der Waals surface area contributed by atoms with E-state index in [0.717, 1.165) is 12.2 Å². The van der Waals surface area contributed by atoms with E-state index in [-0.39, 0.29) is 18.4 Å². The molecule has 0 aliphatic heterocycles. The van der Waals surface area contributed by atoms with Crippen LogP contribution in [0.5, 0.6) is 0 Å². The minimum atomic E-state index is 0. The maximum absolute atomic E-state index is 5.95. The highest BCUT2D eigenvalue weighted by atomic mass is 35.5. The van der Waals surface area contributed by atoms with Gasteiger partial charge < -0.3 is 5.73 Å². The first-order valence-corrected chi connectivity index (χ1v) is 5.85. The highest BCUT2D eigenvalue weighted by Gasteiger charge is 2.02. The van der Waals surface area contributed by atoms with Gasteiger partial charge in [-0.25, -0.2) is 0 Å². The Morgan fingerprint density at radius 1 is 1.40 bits per heavy atom. The number of hydrogen-bond acceptors (Lipinski definition) is 2. The standard InChI is InChI=1S/C12H17NS.ClH/c1-3-5-12(13)10-6-8-11(9-7-10)14-4-2;/h3,6-9,12H,1,4-5,13H2,2H3;1H/t12-;/m1./s1. The molecule has 0 heterocycles. The van der Waals surface area contributed by atoms with Crippen LogP contribution in [0.15, 0.2) is 41.8 Å². The zero-order valence-electron chi connectivity index (χ0n) is 8.98. The number of benzene rings is 1. The Labute approximate surface area is 103 Å². The third-order valence-electron chi connectivity index (χ3n) is 2.04. The van der Waals surface area contributed by atoms with E-state index in [0.29, 0.717) is 0 Å². The molecule has 0 aromatic heterocycles. The minimum Gasteiger partial charge on any atom is -0.324 e. The molecule has 0 saturated carbocycles. The highest BCUT2D eigenvalue weighted by Crippen LogP contribution is 2.21. The molecule has 0 spiro atoms. The third-order valence-corrected chi connectivity index (χ3v) is 2.93. The van der Waals surface area contributed by atoms with E-state index >= 15 is 0 Å². The molecule has 1 rings (SSSR count). The second kappa shape index (κ2) is 7.80. The van der Waals surface area contributed by atoms with E-state index in [1.807, 2.05) is 17.8 Å². The molecule has 0 saturated heterocycles. The summed E-state index contributed by atoms with van der Waals surface area (Å²) in [6.45, 7) is 5.84. The Morgan fingerprint density at radius 2 is 2.00 bits per heavy atom. The van der Waals surface area contributed by atoms with Crippen molar-refractivity contribution >= 4 is 24.2 Å². The molecular weight excluding hydrogens is 226 g/mol. The van der Waals surface area contributed by atoms with Crippen LogP contribution in [0.25, 0.3) is 0 Å². The summed E-state index contributed by atoms with van der Waals surface area (Å²) in [6, 6.07) is 8.56. The predicted molar refractivity (Wildman–Crippen MR) is 71.8 cm³/mol. The van der Waals surface area contributed by atoms with Gasteiger partial charge in [0.1, 0.15) is 0 Å². The maximum atomic E-state index is 5.95. The van der Waals surface area contributed by atoms with E-state index in [1.54, 1.807) is 0 Å². The van der Waals surface area contributed by atoms with Gasteiger partial charge in [0.05, 0.1) is 0 Å². The van der Waals surface area contributed by atoms with Crippen LogP contribution in [0.1, 0.15) is 24.9 Å². The Bertz CT molecular complexity index is 284. The molecule has 1 aromatic carbocycles. The van der Waals surface area contributed by atoms with E-state index < -0.39 is 0 Å². The van der Waals surface area contributed by atoms with Crippen molar-refractivity contribution in [2.45, 2.75) is 24.3 Å². The first-order valence-electron chi connectivity index (χ1n) is 4.87. The summed E-state index contributed by atoms with van der Waals surface area (Å²) >= 11 is 1.85. The fourth-order valence-corrected chi connectivity index (χ4v) is 1.96. The number of thioether (sulfide) groups is 1. The smallest absolute Gasteiger partial charge is 0.0329 e. The number of hydrogen-bond donors (Lipinski definition) is 1. The van der Waals surface area contributed by atoms with Gasteiger partial charge in [0.25, 0.3) is 0 Å². The summed E-state index contributed by atoms with van der Waals surface area (Å²) < 4.78 is 0. The highest BCUT2D eigenvalue weighted by molar-refractivity contribution is 7.99. The summed E-state index contributed by atoms with van der Waals surface area (Å²) in [5, 5.41) is 0. The Kier molecular flexibility index (Phi) is 7.57. The molecule has 0 aliphatic rings. The molecule has 0 amide bonds. The molecule has 2 N–H and O–H groups in total. The van der Waals surface area contributed by atoms with Crippen molar-refractivity contribution in [2.75, 3.05) is 5.75 Å². The molecule has 0 radical (unpaired) electrons. The first kappa shape index (κ1) is 14.6. The Morgan fingerprint density at radius 3 is 2.47 bits per heavy atom. The lowest BCUT2D eigenvalue weighted by Crippen LogP contribution is -2.08. The molecule has 0 bridgehead atoms. The van der Waals surface area contributed by atoms with Gasteiger partial charge >= 0.3 is 0 Å². The average Bonchev–Trinajstić information content (AvgIpc) is 2.20. The van der Waals surface area contributed by atoms with E-state index in [2.05, 4.69) is 37.8 Å². The lowest BCUT2D eigenvalue weighted by Gasteiger charge is -2.09. The second-order valence-electron chi connectivity index (χ2n) is 3.13. The second-order valence-corrected chi connectivity index (χ2v) is 4.47. The van der Waals surface area contributed by atoms with Crippen LogP contribution in [-0.4, -0.2) is 5.75 Å². The van der Waals surface area contributed by atoms with Gasteiger partial charge in [0.2, 0.25) is 0 Å². The fourth-order valence-electron chi connectivity index (χ4n) is 1.29. The van der Waals surface area contributed by atoms with E-state index in [1.165, 1.54) is 10.5 Å². The topological polar surface area (TPSA) is 26.0 Å². The van der Waals surface area contributed by atoms with Gasteiger partial charge in [-0.3, -0.25) is 0 Å². The predicted octanol–water partition coefficient (Wildman–Crippen LogP) is 3.80. The van der Waals surface area contributed by atoms with Crippen molar-refractivity contribution in [3.63, 3.8) is 0 Å². The number of halogens is 1. The van der Waals surface area contributed by atoms with Crippen molar-refractivity contribution in [1.29, 1.82) is 0 Å². The molecule has 15 heavy (non-hydrogen) atoms. The van der Waals surface area contributed by atoms with Gasteiger partial charge in [0.15, 0.2) is 0 Å². The van der Waals surface area contributed by atoms with Gasteiger partial charge in [-0.15, -0.1) is 30.7 Å². The van der Waals surface area contributed by atoms with Crippen molar-refractivity contribution < 1.29 is 0 Å². The summed E-state index contributed by atoms with van der Waals surface area (Å²) in [7, 11) is 0. The molecule has 84 valence electrons. The van der Waals surface area contributed by atoms with Crippen molar-refractivity contribution in [2.24, 2.45) is 5.73 Å². The van der Waals surface area contributed by atoms with Crippen LogP contribution in [0.3, 0.4) is 0 Å². The summed E-state index contributed by atoms with van der Waals surface area (Å²) in [5.74, 6) is 1.11. The Hall–Kier alpha value is -0.440. The molecule has 1 nitrogen and oxygen atoms in total. The Balaban J connectivity index is 0.00000196. The summed E-state index contributed by atoms with van der Waals surface area (Å²) in [5.41, 5.74) is 7.14. The third kappa shape index (κ3) is 4.74. The number of rotatable bonds is 5. The van der Waals surface area contributed by atoms with Crippen molar-refractivity contribution in [1.82, 2.24) is 0 Å². The summed E-state index contributed by atoms with van der Waals surface area (Å²) in [6.07, 6.45) is 2.69. The van der Waals surface area contributed by atoms with Gasteiger partial charge in [-0.1, -0.05) is 25.1 Å². The largest absolute Gasteiger partial charge is 0.324 e. The molecule has 0 fully saturated rings. The maximum Gasteiger partial charge on any atom is 0.0329 e. The zero-order chi connectivity index (χ0) is 10.4. The monoisotopic (exact) mass is 243 g/mol. The van der Waals surface area contributed by atoms with Crippen LogP contribution in [0.4, 0.5) is 0 Å². The summed E-state index contributed by atoms with van der Waals surface area (Å²) in [4.78, 5) is 1.31. The first-order chi connectivity index (χ1) is 6.77. The SMILES string of the molecule is C=CC[C@@H](N)c1ccc(SCC)cc1.Cl. The average molecular weight is 244 g/mol. The van der Waals surface area contributed by atoms with Crippen molar-refractivity contribution in [3.05, 3.63) is 42.5 Å². The van der Waals surface area contributed by atoms with Crippen LogP contribution < -0.4 is 5.73 Å². The lowest BCUT2D eigenvalue weighted by molar-refractivity contribution is 0.741. The fraction of sp³-hybridized carbons (Fsp3) is 0.333. The molecule has 3 heteroatoms. The van der Waals surface area contributed by atoms with Crippen LogP contribution in [-0.2, 0) is 0 Å². The normalized spacial score (nSPS) is 11.6.